The molecule has 0 saturated heterocycles. The number of hydrogen-bond acceptors (Lipinski definition) is 2. The second-order valence-corrected chi connectivity index (χ2v) is 4.78. The summed E-state index contributed by atoms with van der Waals surface area (Å²) in [6.07, 6.45) is -0.109. The van der Waals surface area contributed by atoms with Crippen LogP contribution in [0.1, 0.15) is 50.8 Å². The molecule has 0 amide bonds. The molecular weight excluding hydrogens is 253 g/mol. The number of nitrogens with zero attached hydrogens (tertiary/aromatic N) is 1. The van der Waals surface area contributed by atoms with E-state index in [4.69, 9.17) is 0 Å². The molecule has 108 valence electrons. The zero-order valence-corrected chi connectivity index (χ0v) is 11.6. The zero-order chi connectivity index (χ0) is 14.5. The monoisotopic (exact) mass is 274 g/mol. The standard InChI is InChI=1S/C14H21F3N2/c1-4-7-19-13(10(3)5-2)11-9-18-8-6-12(11)14(15,16)17/h6,8-10,13,19H,4-5,7H2,1-3H3. The number of rotatable bonds is 6. The molecule has 2 unspecified atom stereocenters. The lowest BCUT2D eigenvalue weighted by atomic mass is 9.90. The average Bonchev–Trinajstić information content (AvgIpc) is 2.38. The molecule has 0 aliphatic rings. The van der Waals surface area contributed by atoms with Gasteiger partial charge in [-0.25, -0.2) is 0 Å². The van der Waals surface area contributed by atoms with Crippen LogP contribution in [0.25, 0.3) is 0 Å². The third-order valence-corrected chi connectivity index (χ3v) is 3.32. The fraction of sp³-hybridized carbons (Fsp3) is 0.643. The second-order valence-electron chi connectivity index (χ2n) is 4.78. The Morgan fingerprint density at radius 2 is 2.00 bits per heavy atom. The molecule has 1 aromatic rings. The van der Waals surface area contributed by atoms with Crippen LogP contribution in [-0.2, 0) is 6.18 Å². The molecule has 5 heteroatoms. The van der Waals surface area contributed by atoms with Crippen molar-refractivity contribution in [1.82, 2.24) is 10.3 Å². The van der Waals surface area contributed by atoms with Gasteiger partial charge in [-0.2, -0.15) is 13.2 Å². The molecule has 0 aromatic carbocycles. The Kier molecular flexibility index (Phi) is 5.79. The molecule has 0 bridgehead atoms. The number of hydrogen-bond donors (Lipinski definition) is 1. The highest BCUT2D eigenvalue weighted by Gasteiger charge is 2.36. The maximum Gasteiger partial charge on any atom is 0.416 e. The van der Waals surface area contributed by atoms with Crippen LogP contribution in [0.4, 0.5) is 13.2 Å². The van der Waals surface area contributed by atoms with E-state index in [-0.39, 0.29) is 17.5 Å². The van der Waals surface area contributed by atoms with Crippen molar-refractivity contribution < 1.29 is 13.2 Å². The number of nitrogens with one attached hydrogen (secondary N) is 1. The van der Waals surface area contributed by atoms with Crippen molar-refractivity contribution in [1.29, 1.82) is 0 Å². The minimum atomic E-state index is -4.34. The van der Waals surface area contributed by atoms with E-state index in [1.807, 2.05) is 20.8 Å². The Balaban J connectivity index is 3.14. The predicted molar refractivity (Wildman–Crippen MR) is 69.7 cm³/mol. The summed E-state index contributed by atoms with van der Waals surface area (Å²) in [6.45, 7) is 6.63. The van der Waals surface area contributed by atoms with Crippen LogP contribution in [0.3, 0.4) is 0 Å². The maximum atomic E-state index is 13.0. The van der Waals surface area contributed by atoms with E-state index in [1.54, 1.807) is 0 Å². The first-order valence-corrected chi connectivity index (χ1v) is 6.66. The average molecular weight is 274 g/mol. The van der Waals surface area contributed by atoms with E-state index >= 15 is 0 Å². The summed E-state index contributed by atoms with van der Waals surface area (Å²) >= 11 is 0. The van der Waals surface area contributed by atoms with Crippen molar-refractivity contribution in [2.45, 2.75) is 45.8 Å². The Morgan fingerprint density at radius 1 is 1.32 bits per heavy atom. The molecule has 19 heavy (non-hydrogen) atoms. The zero-order valence-electron chi connectivity index (χ0n) is 11.6. The Morgan fingerprint density at radius 3 is 2.53 bits per heavy atom. The first kappa shape index (κ1) is 16.0. The van der Waals surface area contributed by atoms with Gasteiger partial charge in [0.05, 0.1) is 5.56 Å². The van der Waals surface area contributed by atoms with E-state index in [9.17, 15) is 13.2 Å². The van der Waals surface area contributed by atoms with Crippen molar-refractivity contribution in [3.8, 4) is 0 Å². The Labute approximate surface area is 112 Å². The first-order chi connectivity index (χ1) is 8.91. The maximum absolute atomic E-state index is 13.0. The Hall–Kier alpha value is -1.10. The molecule has 2 atom stereocenters. The summed E-state index contributed by atoms with van der Waals surface area (Å²) in [4.78, 5) is 3.86. The third kappa shape index (κ3) is 4.20. The molecule has 1 rings (SSSR count). The highest BCUT2D eigenvalue weighted by Crippen LogP contribution is 2.36. The van der Waals surface area contributed by atoms with Crippen LogP contribution >= 0.6 is 0 Å². The second kappa shape index (κ2) is 6.89. The molecule has 1 heterocycles. The fourth-order valence-electron chi connectivity index (χ4n) is 2.07. The molecule has 2 nitrogen and oxygen atoms in total. The van der Waals surface area contributed by atoms with Crippen molar-refractivity contribution in [3.05, 3.63) is 29.6 Å². The van der Waals surface area contributed by atoms with Gasteiger partial charge in [0.25, 0.3) is 0 Å². The van der Waals surface area contributed by atoms with Gasteiger partial charge in [0, 0.05) is 18.4 Å². The lowest BCUT2D eigenvalue weighted by Gasteiger charge is -2.27. The molecule has 0 spiro atoms. The number of pyridine rings is 1. The summed E-state index contributed by atoms with van der Waals surface area (Å²) in [7, 11) is 0. The minimum absolute atomic E-state index is 0.122. The van der Waals surface area contributed by atoms with Crippen LogP contribution in [-0.4, -0.2) is 11.5 Å². The highest BCUT2D eigenvalue weighted by atomic mass is 19.4. The van der Waals surface area contributed by atoms with Gasteiger partial charge >= 0.3 is 6.18 Å². The molecule has 1 aromatic heterocycles. The van der Waals surface area contributed by atoms with Crippen LogP contribution in [0.2, 0.25) is 0 Å². The SMILES string of the molecule is CCCNC(c1cnccc1C(F)(F)F)C(C)CC. The fourth-order valence-corrected chi connectivity index (χ4v) is 2.07. The predicted octanol–water partition coefficient (Wildman–Crippen LogP) is 4.19. The lowest BCUT2D eigenvalue weighted by molar-refractivity contribution is -0.138. The van der Waals surface area contributed by atoms with Gasteiger partial charge in [-0.15, -0.1) is 0 Å². The van der Waals surface area contributed by atoms with E-state index in [1.165, 1.54) is 12.4 Å². The molecule has 0 aliphatic heterocycles. The lowest BCUT2D eigenvalue weighted by Crippen LogP contribution is -2.29. The van der Waals surface area contributed by atoms with Gasteiger partial charge in [0.15, 0.2) is 0 Å². The van der Waals surface area contributed by atoms with Crippen molar-refractivity contribution in [3.63, 3.8) is 0 Å². The quantitative estimate of drug-likeness (QED) is 0.841. The van der Waals surface area contributed by atoms with Gasteiger partial charge in [0.1, 0.15) is 0 Å². The summed E-state index contributed by atoms with van der Waals surface area (Å²) in [5.74, 6) is 0.122. The van der Waals surface area contributed by atoms with Gasteiger partial charge < -0.3 is 5.32 Å². The molecule has 0 saturated carbocycles. The van der Waals surface area contributed by atoms with Gasteiger partial charge in [-0.3, -0.25) is 4.98 Å². The van der Waals surface area contributed by atoms with Crippen molar-refractivity contribution in [2.24, 2.45) is 5.92 Å². The van der Waals surface area contributed by atoms with Gasteiger partial charge in [0.2, 0.25) is 0 Å². The smallest absolute Gasteiger partial charge is 0.310 e. The van der Waals surface area contributed by atoms with E-state index in [2.05, 4.69) is 10.3 Å². The van der Waals surface area contributed by atoms with Gasteiger partial charge in [-0.05, 0) is 30.5 Å². The molecular formula is C14H21F3N2. The summed E-state index contributed by atoms with van der Waals surface area (Å²) in [5.41, 5.74) is -0.339. The van der Waals surface area contributed by atoms with E-state index < -0.39 is 11.7 Å². The largest absolute Gasteiger partial charge is 0.416 e. The summed E-state index contributed by atoms with van der Waals surface area (Å²) in [6, 6.07) is 0.744. The number of halogens is 3. The Bertz CT molecular complexity index is 391. The molecule has 0 radical (unpaired) electrons. The van der Waals surface area contributed by atoms with Crippen LogP contribution in [0.5, 0.6) is 0 Å². The van der Waals surface area contributed by atoms with Crippen LogP contribution in [0, 0.1) is 5.92 Å². The van der Waals surface area contributed by atoms with Crippen molar-refractivity contribution >= 4 is 0 Å². The van der Waals surface area contributed by atoms with Gasteiger partial charge in [-0.1, -0.05) is 27.2 Å². The summed E-state index contributed by atoms with van der Waals surface area (Å²) < 4.78 is 39.1. The van der Waals surface area contributed by atoms with E-state index in [0.717, 1.165) is 18.9 Å². The van der Waals surface area contributed by atoms with Crippen LogP contribution < -0.4 is 5.32 Å². The number of alkyl halides is 3. The number of aromatic nitrogens is 1. The molecule has 0 aliphatic carbocycles. The third-order valence-electron chi connectivity index (χ3n) is 3.32. The molecule has 0 fully saturated rings. The summed E-state index contributed by atoms with van der Waals surface area (Å²) in [5, 5.41) is 3.21. The van der Waals surface area contributed by atoms with E-state index in [0.29, 0.717) is 6.54 Å². The van der Waals surface area contributed by atoms with Crippen molar-refractivity contribution in [2.75, 3.05) is 6.54 Å². The van der Waals surface area contributed by atoms with Crippen LogP contribution in [0.15, 0.2) is 18.5 Å². The highest BCUT2D eigenvalue weighted by molar-refractivity contribution is 5.29. The normalized spacial score (nSPS) is 15.3. The topological polar surface area (TPSA) is 24.9 Å². The molecule has 1 N–H and O–H groups in total. The minimum Gasteiger partial charge on any atom is -0.310 e. The first-order valence-electron chi connectivity index (χ1n) is 6.66.